The highest BCUT2D eigenvalue weighted by Gasteiger charge is 2.24. The molecular formula is C20H17NO3. The van der Waals surface area contributed by atoms with Crippen LogP contribution in [-0.4, -0.2) is 11.4 Å². The highest BCUT2D eigenvalue weighted by atomic mass is 16.4. The molecule has 0 unspecified atom stereocenters. The maximum atomic E-state index is 12.5. The normalized spacial score (nSPS) is 13.4. The summed E-state index contributed by atoms with van der Waals surface area (Å²) in [5.41, 5.74) is -1.08. The van der Waals surface area contributed by atoms with E-state index in [0.717, 1.165) is 16.2 Å². The number of terminal acetylenes is 1. The van der Waals surface area contributed by atoms with Gasteiger partial charge in [0.05, 0.1) is 5.54 Å². The van der Waals surface area contributed by atoms with E-state index in [2.05, 4.69) is 11.2 Å². The number of fused-ring (bicyclic) bond motifs is 3. The number of hydrogen-bond donors (Lipinski definition) is 1. The van der Waals surface area contributed by atoms with Crippen LogP contribution in [0.5, 0.6) is 0 Å². The van der Waals surface area contributed by atoms with Crippen molar-refractivity contribution in [3.63, 3.8) is 0 Å². The lowest BCUT2D eigenvalue weighted by atomic mass is 9.99. The van der Waals surface area contributed by atoms with E-state index in [1.54, 1.807) is 19.1 Å². The Morgan fingerprint density at radius 1 is 1.25 bits per heavy atom. The smallest absolute Gasteiger partial charge is 0.349 e. The summed E-state index contributed by atoms with van der Waals surface area (Å²) in [6, 6.07) is 12.9. The van der Waals surface area contributed by atoms with Gasteiger partial charge in [-0.25, -0.2) is 4.79 Å². The molecule has 0 aliphatic carbocycles. The van der Waals surface area contributed by atoms with Gasteiger partial charge in [0.2, 0.25) is 0 Å². The molecule has 0 aliphatic heterocycles. The Labute approximate surface area is 139 Å². The van der Waals surface area contributed by atoms with Gasteiger partial charge in [-0.2, -0.15) is 0 Å². The summed E-state index contributed by atoms with van der Waals surface area (Å²) in [6.45, 7) is 3.61. The van der Waals surface area contributed by atoms with E-state index in [0.29, 0.717) is 12.0 Å². The van der Waals surface area contributed by atoms with Gasteiger partial charge in [-0.05, 0) is 36.2 Å². The Bertz CT molecular complexity index is 1040. The van der Waals surface area contributed by atoms with Crippen molar-refractivity contribution < 1.29 is 9.21 Å². The van der Waals surface area contributed by atoms with Gasteiger partial charge in [-0.1, -0.05) is 43.2 Å². The predicted molar refractivity (Wildman–Crippen MR) is 95.0 cm³/mol. The Kier molecular flexibility index (Phi) is 3.86. The fourth-order valence-corrected chi connectivity index (χ4v) is 2.57. The Morgan fingerprint density at radius 3 is 2.71 bits per heavy atom. The van der Waals surface area contributed by atoms with Crippen LogP contribution in [0, 0.1) is 12.3 Å². The third-order valence-electron chi connectivity index (χ3n) is 4.30. The summed E-state index contributed by atoms with van der Waals surface area (Å²) in [5, 5.41) is 5.37. The first-order chi connectivity index (χ1) is 11.5. The van der Waals surface area contributed by atoms with E-state index >= 15 is 0 Å². The van der Waals surface area contributed by atoms with Gasteiger partial charge in [-0.3, -0.25) is 4.79 Å². The molecule has 3 aromatic rings. The van der Waals surface area contributed by atoms with E-state index in [4.69, 9.17) is 10.8 Å². The molecule has 24 heavy (non-hydrogen) atoms. The van der Waals surface area contributed by atoms with Crippen molar-refractivity contribution in [1.29, 1.82) is 0 Å². The number of nitrogens with one attached hydrogen (secondary N) is 1. The molecule has 1 amide bonds. The van der Waals surface area contributed by atoms with Crippen molar-refractivity contribution in [3.8, 4) is 12.3 Å². The number of benzene rings is 2. The van der Waals surface area contributed by atoms with Gasteiger partial charge >= 0.3 is 5.63 Å². The van der Waals surface area contributed by atoms with Gasteiger partial charge in [0.1, 0.15) is 11.1 Å². The molecule has 4 heteroatoms. The number of carbonyl (C=O) groups is 1. The van der Waals surface area contributed by atoms with Crippen LogP contribution in [0.2, 0.25) is 0 Å². The molecule has 0 bridgehead atoms. The second-order valence-corrected chi connectivity index (χ2v) is 5.93. The maximum Gasteiger partial charge on any atom is 0.349 e. The largest absolute Gasteiger partial charge is 0.422 e. The molecule has 1 N–H and O–H groups in total. The molecule has 0 radical (unpaired) electrons. The Morgan fingerprint density at radius 2 is 2.00 bits per heavy atom. The van der Waals surface area contributed by atoms with Gasteiger partial charge in [0, 0.05) is 5.39 Å². The summed E-state index contributed by atoms with van der Waals surface area (Å²) >= 11 is 0. The second-order valence-electron chi connectivity index (χ2n) is 5.93. The van der Waals surface area contributed by atoms with Crippen molar-refractivity contribution in [2.24, 2.45) is 0 Å². The third kappa shape index (κ3) is 2.65. The summed E-state index contributed by atoms with van der Waals surface area (Å²) in [6.07, 6.45) is 6.03. The van der Waals surface area contributed by atoms with Crippen LogP contribution in [0.15, 0.2) is 51.7 Å². The van der Waals surface area contributed by atoms with Crippen LogP contribution in [0.25, 0.3) is 21.7 Å². The zero-order chi connectivity index (χ0) is 17.3. The average molecular weight is 319 g/mol. The minimum Gasteiger partial charge on any atom is -0.422 e. The van der Waals surface area contributed by atoms with E-state index in [9.17, 15) is 9.59 Å². The SMILES string of the molecule is C#C[C@@](C)(CC)NC(=O)c1cc2c(ccc3ccccc32)oc1=O. The molecule has 120 valence electrons. The highest BCUT2D eigenvalue weighted by molar-refractivity contribution is 6.08. The summed E-state index contributed by atoms with van der Waals surface area (Å²) in [7, 11) is 0. The molecule has 0 aliphatic rings. The molecule has 2 aromatic carbocycles. The van der Waals surface area contributed by atoms with Crippen LogP contribution in [0.3, 0.4) is 0 Å². The van der Waals surface area contributed by atoms with E-state index in [1.807, 2.05) is 37.3 Å². The average Bonchev–Trinajstić information content (AvgIpc) is 2.60. The topological polar surface area (TPSA) is 59.3 Å². The van der Waals surface area contributed by atoms with E-state index in [-0.39, 0.29) is 5.56 Å². The zero-order valence-electron chi connectivity index (χ0n) is 13.6. The fraction of sp³-hybridized carbons (Fsp3) is 0.200. The van der Waals surface area contributed by atoms with Crippen LogP contribution in [-0.2, 0) is 0 Å². The Balaban J connectivity index is 2.17. The van der Waals surface area contributed by atoms with Crippen molar-refractivity contribution in [1.82, 2.24) is 5.32 Å². The maximum absolute atomic E-state index is 12.5. The lowest BCUT2D eigenvalue weighted by Gasteiger charge is -2.23. The highest BCUT2D eigenvalue weighted by Crippen LogP contribution is 2.25. The summed E-state index contributed by atoms with van der Waals surface area (Å²) in [4.78, 5) is 24.7. The molecule has 0 fully saturated rings. The number of amides is 1. The van der Waals surface area contributed by atoms with Crippen molar-refractivity contribution in [3.05, 3.63) is 58.4 Å². The lowest BCUT2D eigenvalue weighted by molar-refractivity contribution is 0.0920. The second kappa shape index (κ2) is 5.86. The predicted octanol–water partition coefficient (Wildman–Crippen LogP) is 3.48. The zero-order valence-corrected chi connectivity index (χ0v) is 13.6. The molecule has 0 spiro atoms. The Hall–Kier alpha value is -3.06. The molecule has 0 saturated heterocycles. The van der Waals surface area contributed by atoms with Crippen LogP contribution in [0.1, 0.15) is 30.6 Å². The van der Waals surface area contributed by atoms with Crippen LogP contribution >= 0.6 is 0 Å². The standard InChI is InChI=1S/C20H17NO3/c1-4-20(3,5-2)21-18(22)16-12-15-14-9-7-6-8-13(14)10-11-17(15)24-19(16)23/h1,6-12H,5H2,2-3H3,(H,21,22)/t20-/m0/s1. The number of rotatable bonds is 3. The van der Waals surface area contributed by atoms with Crippen LogP contribution in [0.4, 0.5) is 0 Å². The molecule has 1 atom stereocenters. The number of hydrogen-bond acceptors (Lipinski definition) is 3. The van der Waals surface area contributed by atoms with Gasteiger partial charge in [0.25, 0.3) is 5.91 Å². The first-order valence-electron chi connectivity index (χ1n) is 7.73. The van der Waals surface area contributed by atoms with E-state index in [1.165, 1.54) is 0 Å². The first-order valence-corrected chi connectivity index (χ1v) is 7.73. The fourth-order valence-electron chi connectivity index (χ4n) is 2.57. The molecule has 3 rings (SSSR count). The molecule has 0 saturated carbocycles. The molecule has 1 heterocycles. The van der Waals surface area contributed by atoms with Crippen LogP contribution < -0.4 is 10.9 Å². The molecular weight excluding hydrogens is 302 g/mol. The van der Waals surface area contributed by atoms with Gasteiger partial charge in [0.15, 0.2) is 0 Å². The third-order valence-corrected chi connectivity index (χ3v) is 4.30. The minimum absolute atomic E-state index is 0.0474. The quantitative estimate of drug-likeness (QED) is 0.457. The van der Waals surface area contributed by atoms with Gasteiger partial charge < -0.3 is 9.73 Å². The monoisotopic (exact) mass is 319 g/mol. The summed E-state index contributed by atoms with van der Waals surface area (Å²) < 4.78 is 5.34. The van der Waals surface area contributed by atoms with Crippen molar-refractivity contribution in [2.75, 3.05) is 0 Å². The van der Waals surface area contributed by atoms with Gasteiger partial charge in [-0.15, -0.1) is 6.42 Å². The minimum atomic E-state index is -0.808. The van der Waals surface area contributed by atoms with E-state index < -0.39 is 17.1 Å². The molecule has 4 nitrogen and oxygen atoms in total. The number of carbonyl (C=O) groups excluding carboxylic acids is 1. The first kappa shape index (κ1) is 15.8. The van der Waals surface area contributed by atoms with Crippen molar-refractivity contribution in [2.45, 2.75) is 25.8 Å². The summed E-state index contributed by atoms with van der Waals surface area (Å²) in [5.74, 6) is 2.02. The lowest BCUT2D eigenvalue weighted by Crippen LogP contribution is -2.45. The van der Waals surface area contributed by atoms with Crippen molar-refractivity contribution >= 4 is 27.6 Å². The molecule has 1 aromatic heterocycles.